The van der Waals surface area contributed by atoms with Crippen molar-refractivity contribution in [2.24, 2.45) is 17.1 Å². The minimum Gasteiger partial charge on any atom is -0.330 e. The van der Waals surface area contributed by atoms with Gasteiger partial charge in [0.05, 0.1) is 0 Å². The molecule has 0 radical (unpaired) electrons. The van der Waals surface area contributed by atoms with Crippen molar-refractivity contribution in [2.45, 2.75) is 71.9 Å². The van der Waals surface area contributed by atoms with Crippen LogP contribution in [0.1, 0.15) is 59.8 Å². The molecule has 0 aromatic rings. The Kier molecular flexibility index (Phi) is 5.46. The highest BCUT2D eigenvalue weighted by Crippen LogP contribution is 2.31. The van der Waals surface area contributed by atoms with E-state index in [-0.39, 0.29) is 0 Å². The fraction of sp³-hybridized carbons (Fsp3) is 1.00. The van der Waals surface area contributed by atoms with Crippen LogP contribution < -0.4 is 5.73 Å². The van der Waals surface area contributed by atoms with Gasteiger partial charge in [0.15, 0.2) is 0 Å². The zero-order valence-corrected chi connectivity index (χ0v) is 12.5. The van der Waals surface area contributed by atoms with Crippen molar-refractivity contribution in [3.05, 3.63) is 0 Å². The van der Waals surface area contributed by atoms with Gasteiger partial charge in [0, 0.05) is 12.1 Å². The minimum atomic E-state index is 0.347. The Morgan fingerprint density at radius 2 is 1.76 bits per heavy atom. The first kappa shape index (κ1) is 15.0. The van der Waals surface area contributed by atoms with E-state index in [1.54, 1.807) is 0 Å². The maximum absolute atomic E-state index is 5.98. The molecule has 0 amide bonds. The van der Waals surface area contributed by atoms with E-state index in [4.69, 9.17) is 5.73 Å². The van der Waals surface area contributed by atoms with E-state index in [2.05, 4.69) is 39.6 Å². The Hall–Kier alpha value is -0.0800. The first-order chi connectivity index (χ1) is 7.88. The van der Waals surface area contributed by atoms with E-state index < -0.39 is 0 Å². The van der Waals surface area contributed by atoms with Crippen molar-refractivity contribution in [3.63, 3.8) is 0 Å². The lowest BCUT2D eigenvalue weighted by atomic mass is 9.84. The summed E-state index contributed by atoms with van der Waals surface area (Å²) < 4.78 is 0. The fourth-order valence-electron chi connectivity index (χ4n) is 3.07. The average molecular weight is 240 g/mol. The molecule has 1 aliphatic rings. The number of hydrogen-bond donors (Lipinski definition) is 1. The summed E-state index contributed by atoms with van der Waals surface area (Å²) in [5.41, 5.74) is 6.33. The van der Waals surface area contributed by atoms with Gasteiger partial charge >= 0.3 is 0 Å². The Bertz CT molecular complexity index is 219. The van der Waals surface area contributed by atoms with Crippen LogP contribution in [-0.2, 0) is 0 Å². The van der Waals surface area contributed by atoms with Crippen molar-refractivity contribution in [1.29, 1.82) is 0 Å². The van der Waals surface area contributed by atoms with Crippen LogP contribution in [0.3, 0.4) is 0 Å². The highest BCUT2D eigenvalue weighted by atomic mass is 15.2. The molecule has 1 fully saturated rings. The largest absolute Gasteiger partial charge is 0.330 e. The van der Waals surface area contributed by atoms with E-state index in [9.17, 15) is 0 Å². The van der Waals surface area contributed by atoms with Crippen LogP contribution in [0.2, 0.25) is 0 Å². The predicted molar refractivity (Wildman–Crippen MR) is 76.1 cm³/mol. The van der Waals surface area contributed by atoms with Crippen molar-refractivity contribution in [1.82, 2.24) is 4.90 Å². The molecular formula is C15H32N2. The molecule has 0 aliphatic heterocycles. The van der Waals surface area contributed by atoms with Gasteiger partial charge in [-0.15, -0.1) is 0 Å². The molecule has 2 N–H and O–H groups in total. The topological polar surface area (TPSA) is 29.3 Å². The summed E-state index contributed by atoms with van der Waals surface area (Å²) in [6.45, 7) is 10.2. The molecular weight excluding hydrogens is 208 g/mol. The van der Waals surface area contributed by atoms with Crippen LogP contribution in [-0.4, -0.2) is 30.6 Å². The first-order valence-electron chi connectivity index (χ1n) is 7.30. The lowest BCUT2D eigenvalue weighted by Crippen LogP contribution is -2.49. The molecule has 1 saturated carbocycles. The molecule has 0 bridgehead atoms. The quantitative estimate of drug-likeness (QED) is 0.767. The van der Waals surface area contributed by atoms with Crippen LogP contribution in [0.25, 0.3) is 0 Å². The van der Waals surface area contributed by atoms with Crippen molar-refractivity contribution in [3.8, 4) is 0 Å². The molecule has 1 rings (SSSR count). The second-order valence-corrected chi connectivity index (χ2v) is 6.91. The van der Waals surface area contributed by atoms with Gasteiger partial charge in [-0.05, 0) is 44.7 Å². The average Bonchev–Trinajstić information content (AvgIpc) is 2.50. The molecule has 17 heavy (non-hydrogen) atoms. The first-order valence-corrected chi connectivity index (χ1v) is 7.30. The Labute approximate surface area is 108 Å². The SMILES string of the molecule is CC(N(C)C1CCCCCC1CN)C(C)(C)C. The van der Waals surface area contributed by atoms with Crippen LogP contribution >= 0.6 is 0 Å². The highest BCUT2D eigenvalue weighted by Gasteiger charge is 2.32. The Morgan fingerprint density at radius 1 is 1.18 bits per heavy atom. The van der Waals surface area contributed by atoms with Crippen LogP contribution in [0.5, 0.6) is 0 Å². The number of hydrogen-bond acceptors (Lipinski definition) is 2. The van der Waals surface area contributed by atoms with Gasteiger partial charge in [0.1, 0.15) is 0 Å². The van der Waals surface area contributed by atoms with Crippen LogP contribution in [0.4, 0.5) is 0 Å². The van der Waals surface area contributed by atoms with Crippen molar-refractivity contribution in [2.75, 3.05) is 13.6 Å². The van der Waals surface area contributed by atoms with Crippen molar-refractivity contribution < 1.29 is 0 Å². The third kappa shape index (κ3) is 3.96. The van der Waals surface area contributed by atoms with E-state index in [1.807, 2.05) is 0 Å². The third-order valence-electron chi connectivity index (χ3n) is 4.81. The summed E-state index contributed by atoms with van der Waals surface area (Å²) in [6, 6.07) is 1.30. The van der Waals surface area contributed by atoms with Gasteiger partial charge in [-0.1, -0.05) is 40.0 Å². The standard InChI is InChI=1S/C15H32N2/c1-12(15(2,3)4)17(5)14-10-8-6-7-9-13(14)11-16/h12-14H,6-11,16H2,1-5H3. The van der Waals surface area contributed by atoms with E-state index >= 15 is 0 Å². The van der Waals surface area contributed by atoms with Gasteiger partial charge < -0.3 is 5.73 Å². The number of nitrogens with zero attached hydrogens (tertiary/aromatic N) is 1. The molecule has 1 aliphatic carbocycles. The van der Waals surface area contributed by atoms with Crippen LogP contribution in [0.15, 0.2) is 0 Å². The lowest BCUT2D eigenvalue weighted by molar-refractivity contribution is 0.0648. The zero-order chi connectivity index (χ0) is 13.1. The third-order valence-corrected chi connectivity index (χ3v) is 4.81. The molecule has 102 valence electrons. The second-order valence-electron chi connectivity index (χ2n) is 6.91. The molecule has 2 nitrogen and oxygen atoms in total. The van der Waals surface area contributed by atoms with E-state index in [1.165, 1.54) is 32.1 Å². The molecule has 2 heteroatoms. The summed E-state index contributed by atoms with van der Waals surface area (Å²) >= 11 is 0. The van der Waals surface area contributed by atoms with Gasteiger partial charge in [-0.2, -0.15) is 0 Å². The lowest BCUT2D eigenvalue weighted by Gasteiger charge is -2.42. The van der Waals surface area contributed by atoms with E-state index in [0.29, 0.717) is 23.4 Å². The van der Waals surface area contributed by atoms with Gasteiger partial charge in [-0.25, -0.2) is 0 Å². The molecule has 3 atom stereocenters. The van der Waals surface area contributed by atoms with Gasteiger partial charge in [-0.3, -0.25) is 4.90 Å². The molecule has 3 unspecified atom stereocenters. The highest BCUT2D eigenvalue weighted by molar-refractivity contribution is 4.87. The molecule has 0 aromatic carbocycles. The summed E-state index contributed by atoms with van der Waals surface area (Å²) in [5.74, 6) is 0.701. The van der Waals surface area contributed by atoms with Crippen LogP contribution in [0, 0.1) is 11.3 Å². The number of rotatable bonds is 3. The number of nitrogens with two attached hydrogens (primary N) is 1. The van der Waals surface area contributed by atoms with Gasteiger partial charge in [0.25, 0.3) is 0 Å². The molecule has 0 heterocycles. The zero-order valence-electron chi connectivity index (χ0n) is 12.5. The summed E-state index contributed by atoms with van der Waals surface area (Å²) in [6.07, 6.45) is 6.80. The maximum atomic E-state index is 5.98. The summed E-state index contributed by atoms with van der Waals surface area (Å²) in [4.78, 5) is 2.60. The minimum absolute atomic E-state index is 0.347. The van der Waals surface area contributed by atoms with Gasteiger partial charge in [0.2, 0.25) is 0 Å². The predicted octanol–water partition coefficient (Wildman–Crippen LogP) is 3.26. The molecule has 0 saturated heterocycles. The van der Waals surface area contributed by atoms with Crippen molar-refractivity contribution >= 4 is 0 Å². The fourth-order valence-corrected chi connectivity index (χ4v) is 3.07. The second kappa shape index (κ2) is 6.19. The summed E-state index contributed by atoms with van der Waals surface area (Å²) in [7, 11) is 2.30. The van der Waals surface area contributed by atoms with E-state index in [0.717, 1.165) is 6.54 Å². The summed E-state index contributed by atoms with van der Waals surface area (Å²) in [5, 5.41) is 0. The maximum Gasteiger partial charge on any atom is 0.0135 e. The monoisotopic (exact) mass is 240 g/mol. The Balaban J connectivity index is 2.73. The normalized spacial score (nSPS) is 29.1. The smallest absolute Gasteiger partial charge is 0.0135 e. The Morgan fingerprint density at radius 3 is 2.29 bits per heavy atom. The molecule has 0 aromatic heterocycles. The molecule has 0 spiro atoms.